The number of rotatable bonds is 7. The summed E-state index contributed by atoms with van der Waals surface area (Å²) in [4.78, 5) is 12.4. The van der Waals surface area contributed by atoms with Gasteiger partial charge in [0, 0.05) is 25.2 Å². The zero-order valence-electron chi connectivity index (χ0n) is 19.6. The Kier molecular flexibility index (Phi) is 6.17. The molecule has 0 aliphatic heterocycles. The molecule has 0 aliphatic carbocycles. The molecular formula is C23H25N7O4. The maximum absolute atomic E-state index is 12.4. The van der Waals surface area contributed by atoms with Gasteiger partial charge in [-0.15, -0.1) is 0 Å². The monoisotopic (exact) mass is 463 g/mol. The second-order valence-electron chi connectivity index (χ2n) is 7.78. The average molecular weight is 463 g/mol. The van der Waals surface area contributed by atoms with Gasteiger partial charge in [-0.2, -0.15) is 14.5 Å². The zero-order valence-corrected chi connectivity index (χ0v) is 19.6. The van der Waals surface area contributed by atoms with Crippen LogP contribution in [0.5, 0.6) is 11.6 Å². The highest BCUT2D eigenvalue weighted by Crippen LogP contribution is 2.32. The Labute approximate surface area is 195 Å². The molecule has 0 saturated carbocycles. The van der Waals surface area contributed by atoms with Crippen molar-refractivity contribution in [2.45, 2.75) is 20.5 Å². The summed E-state index contributed by atoms with van der Waals surface area (Å²) >= 11 is 0. The lowest BCUT2D eigenvalue weighted by molar-refractivity contribution is 0.302. The van der Waals surface area contributed by atoms with Gasteiger partial charge in [0.2, 0.25) is 5.88 Å². The fraction of sp³-hybridized carbons (Fsp3) is 0.261. The van der Waals surface area contributed by atoms with Crippen molar-refractivity contribution in [2.75, 3.05) is 7.11 Å². The SMILES string of the molecule is COc1c(C=NO)c(-c2ccc(OCc3c(C)cccc3-n3nnn(C)c3=O)c(C)c2)nn1C. The minimum atomic E-state index is -0.333. The van der Waals surface area contributed by atoms with Gasteiger partial charge in [0.1, 0.15) is 18.1 Å². The lowest BCUT2D eigenvalue weighted by Gasteiger charge is -2.14. The summed E-state index contributed by atoms with van der Waals surface area (Å²) in [5.74, 6) is 1.17. The Morgan fingerprint density at radius 1 is 1.09 bits per heavy atom. The van der Waals surface area contributed by atoms with Crippen LogP contribution in [0.15, 0.2) is 46.3 Å². The smallest absolute Gasteiger partial charge is 0.368 e. The summed E-state index contributed by atoms with van der Waals surface area (Å²) in [6.45, 7) is 4.13. The van der Waals surface area contributed by atoms with Crippen molar-refractivity contribution < 1.29 is 14.7 Å². The van der Waals surface area contributed by atoms with E-state index < -0.39 is 0 Å². The van der Waals surface area contributed by atoms with Gasteiger partial charge in [-0.1, -0.05) is 17.3 Å². The molecule has 0 unspecified atom stereocenters. The zero-order chi connectivity index (χ0) is 24.4. The highest BCUT2D eigenvalue weighted by Gasteiger charge is 2.19. The molecule has 2 aromatic heterocycles. The van der Waals surface area contributed by atoms with Crippen molar-refractivity contribution >= 4 is 6.21 Å². The Morgan fingerprint density at radius 2 is 1.88 bits per heavy atom. The normalized spacial score (nSPS) is 11.3. The summed E-state index contributed by atoms with van der Waals surface area (Å²) in [6, 6.07) is 11.3. The molecule has 11 nitrogen and oxygen atoms in total. The number of tetrazole rings is 1. The van der Waals surface area contributed by atoms with E-state index in [-0.39, 0.29) is 12.3 Å². The molecule has 0 saturated heterocycles. The quantitative estimate of drug-likeness (QED) is 0.254. The van der Waals surface area contributed by atoms with Crippen molar-refractivity contribution in [3.05, 3.63) is 69.1 Å². The van der Waals surface area contributed by atoms with Gasteiger partial charge in [0.05, 0.1) is 24.6 Å². The van der Waals surface area contributed by atoms with E-state index >= 15 is 0 Å². The van der Waals surface area contributed by atoms with E-state index in [0.29, 0.717) is 28.6 Å². The molecule has 1 N–H and O–H groups in total. The van der Waals surface area contributed by atoms with Crippen LogP contribution in [0.2, 0.25) is 0 Å². The van der Waals surface area contributed by atoms with Gasteiger partial charge < -0.3 is 14.7 Å². The molecule has 2 heterocycles. The van der Waals surface area contributed by atoms with Gasteiger partial charge in [0.15, 0.2) is 0 Å². The number of nitrogens with zero attached hydrogens (tertiary/aromatic N) is 7. The van der Waals surface area contributed by atoms with Crippen LogP contribution in [0.4, 0.5) is 0 Å². The van der Waals surface area contributed by atoms with Crippen molar-refractivity contribution in [3.63, 3.8) is 0 Å². The molecule has 4 rings (SSSR count). The lowest BCUT2D eigenvalue weighted by Crippen LogP contribution is -2.23. The third kappa shape index (κ3) is 4.03. The minimum Gasteiger partial charge on any atom is -0.489 e. The summed E-state index contributed by atoms with van der Waals surface area (Å²) in [6.07, 6.45) is 1.30. The molecule has 11 heteroatoms. The first-order valence-electron chi connectivity index (χ1n) is 10.5. The van der Waals surface area contributed by atoms with Crippen molar-refractivity contribution in [1.29, 1.82) is 0 Å². The summed E-state index contributed by atoms with van der Waals surface area (Å²) in [5.41, 5.74) is 5.00. The van der Waals surface area contributed by atoms with Crippen molar-refractivity contribution in [3.8, 4) is 28.6 Å². The highest BCUT2D eigenvalue weighted by atomic mass is 16.5. The molecule has 0 radical (unpaired) electrons. The van der Waals surface area contributed by atoms with E-state index in [1.54, 1.807) is 18.8 Å². The number of aryl methyl sites for hydroxylation is 4. The van der Waals surface area contributed by atoms with Crippen LogP contribution in [0.25, 0.3) is 16.9 Å². The minimum absolute atomic E-state index is 0.241. The molecule has 176 valence electrons. The lowest BCUT2D eigenvalue weighted by atomic mass is 10.0. The van der Waals surface area contributed by atoms with E-state index in [4.69, 9.17) is 14.7 Å². The first kappa shape index (κ1) is 22.8. The van der Waals surface area contributed by atoms with Crippen LogP contribution in [0, 0.1) is 13.8 Å². The van der Waals surface area contributed by atoms with Crippen molar-refractivity contribution in [2.24, 2.45) is 19.3 Å². The molecule has 0 fully saturated rings. The summed E-state index contributed by atoms with van der Waals surface area (Å²) in [5, 5.41) is 24.5. The third-order valence-corrected chi connectivity index (χ3v) is 5.57. The third-order valence-electron chi connectivity index (χ3n) is 5.57. The average Bonchev–Trinajstić information content (AvgIpc) is 3.32. The van der Waals surface area contributed by atoms with Crippen LogP contribution in [-0.4, -0.2) is 48.1 Å². The van der Waals surface area contributed by atoms with Gasteiger partial charge >= 0.3 is 5.69 Å². The summed E-state index contributed by atoms with van der Waals surface area (Å²) in [7, 11) is 4.84. The molecule has 4 aromatic rings. The maximum Gasteiger partial charge on any atom is 0.368 e. The van der Waals surface area contributed by atoms with E-state index in [1.165, 1.54) is 22.7 Å². The topological polar surface area (TPSA) is 122 Å². The number of ether oxygens (including phenoxy) is 2. The predicted octanol–water partition coefficient (Wildman–Crippen LogP) is 2.38. The van der Waals surface area contributed by atoms with E-state index in [0.717, 1.165) is 22.3 Å². The molecule has 0 amide bonds. The fourth-order valence-electron chi connectivity index (χ4n) is 3.80. The number of hydrogen-bond donors (Lipinski definition) is 1. The Balaban J connectivity index is 1.64. The van der Waals surface area contributed by atoms with Gasteiger partial charge in [-0.25, -0.2) is 9.48 Å². The highest BCUT2D eigenvalue weighted by molar-refractivity contribution is 5.91. The maximum atomic E-state index is 12.4. The van der Waals surface area contributed by atoms with Gasteiger partial charge in [-0.3, -0.25) is 0 Å². The number of aromatic nitrogens is 6. The molecule has 0 atom stereocenters. The molecule has 0 aliphatic rings. The van der Waals surface area contributed by atoms with Crippen LogP contribution in [0.3, 0.4) is 0 Å². The second kappa shape index (κ2) is 9.22. The first-order valence-corrected chi connectivity index (χ1v) is 10.5. The standard InChI is InChI=1S/C23H25N7O4/c1-14-7-6-8-19(30-23(31)29(4)26-27-30)18(14)13-34-20-10-9-16(11-15(20)2)21-17(12-24-32)22(33-5)28(3)25-21/h6-12,32H,13H2,1-5H3. The van der Waals surface area contributed by atoms with Crippen LogP contribution in [0.1, 0.15) is 22.3 Å². The second-order valence-corrected chi connectivity index (χ2v) is 7.78. The Hall–Kier alpha value is -4.41. The molecule has 34 heavy (non-hydrogen) atoms. The largest absolute Gasteiger partial charge is 0.489 e. The molecule has 2 aromatic carbocycles. The molecular weight excluding hydrogens is 438 g/mol. The Bertz CT molecular complexity index is 1430. The molecule has 0 spiro atoms. The predicted molar refractivity (Wildman–Crippen MR) is 125 cm³/mol. The van der Waals surface area contributed by atoms with Gasteiger partial charge in [-0.05, 0) is 59.7 Å². The Morgan fingerprint density at radius 3 is 2.53 bits per heavy atom. The van der Waals surface area contributed by atoms with Gasteiger partial charge in [0.25, 0.3) is 0 Å². The van der Waals surface area contributed by atoms with Crippen LogP contribution in [-0.2, 0) is 20.7 Å². The number of benzene rings is 2. The molecule has 0 bridgehead atoms. The summed E-state index contributed by atoms with van der Waals surface area (Å²) < 4.78 is 15.6. The first-order chi connectivity index (χ1) is 16.3. The number of hydrogen-bond acceptors (Lipinski definition) is 8. The van der Waals surface area contributed by atoms with Crippen molar-refractivity contribution in [1.82, 2.24) is 29.6 Å². The van der Waals surface area contributed by atoms with E-state index in [9.17, 15) is 4.79 Å². The van der Waals surface area contributed by atoms with Crippen LogP contribution < -0.4 is 15.2 Å². The van der Waals surface area contributed by atoms with Crippen LogP contribution >= 0.6 is 0 Å². The fourth-order valence-corrected chi connectivity index (χ4v) is 3.80. The number of oxime groups is 1. The van der Waals surface area contributed by atoms with E-state index in [1.807, 2.05) is 50.2 Å². The van der Waals surface area contributed by atoms with E-state index in [2.05, 4.69) is 20.7 Å². The number of methoxy groups -OCH3 is 1.